The van der Waals surface area contributed by atoms with E-state index in [0.717, 1.165) is 12.1 Å². The first-order valence-corrected chi connectivity index (χ1v) is 6.31. The maximum absolute atomic E-state index is 11.3. The highest BCUT2D eigenvalue weighted by Gasteiger charge is 2.30. The number of benzene rings is 1. The highest BCUT2D eigenvalue weighted by molar-refractivity contribution is 8.14. The van der Waals surface area contributed by atoms with E-state index in [2.05, 4.69) is 0 Å². The molecule has 18 heavy (non-hydrogen) atoms. The van der Waals surface area contributed by atoms with Gasteiger partial charge >= 0.3 is 11.1 Å². The van der Waals surface area contributed by atoms with E-state index in [1.165, 1.54) is 11.8 Å². The molecule has 1 heterocycles. The number of carbonyl (C=O) groups excluding carboxylic acids is 1. The maximum atomic E-state index is 11.3. The van der Waals surface area contributed by atoms with Crippen molar-refractivity contribution in [3.63, 3.8) is 0 Å². The van der Waals surface area contributed by atoms with E-state index in [1.54, 1.807) is 0 Å². The van der Waals surface area contributed by atoms with Gasteiger partial charge in [-0.1, -0.05) is 18.2 Å². The number of cyclic esters (lactones) is 1. The van der Waals surface area contributed by atoms with Crippen molar-refractivity contribution in [3.8, 4) is 0 Å². The number of thioether (sulfide) groups is 1. The fourth-order valence-corrected chi connectivity index (χ4v) is 2.52. The lowest BCUT2D eigenvalue weighted by Gasteiger charge is -2.05. The summed E-state index contributed by atoms with van der Waals surface area (Å²) >= 11 is 1.36. The molecule has 1 atom stereocenters. The molecule has 1 aliphatic heterocycles. The van der Waals surface area contributed by atoms with Crippen LogP contribution in [0.15, 0.2) is 30.3 Å². The summed E-state index contributed by atoms with van der Waals surface area (Å²) in [4.78, 5) is 11.3. The summed E-state index contributed by atoms with van der Waals surface area (Å²) in [5, 5.41) is 0.446. The molecule has 1 unspecified atom stereocenters. The molecule has 4 nitrogen and oxygen atoms in total. The highest BCUT2D eigenvalue weighted by Crippen LogP contribution is 2.22. The van der Waals surface area contributed by atoms with Gasteiger partial charge in [0.2, 0.25) is 0 Å². The van der Waals surface area contributed by atoms with Crippen molar-refractivity contribution in [2.75, 3.05) is 13.7 Å². The third-order valence-corrected chi connectivity index (χ3v) is 3.85. The van der Waals surface area contributed by atoms with Crippen LogP contribution in [-0.4, -0.2) is 34.6 Å². The number of amidine groups is 1. The van der Waals surface area contributed by atoms with Crippen LogP contribution in [0.25, 0.3) is 0 Å². The van der Waals surface area contributed by atoms with Crippen LogP contribution in [0.2, 0.25) is 0 Å². The Labute approximate surface area is 121 Å². The van der Waals surface area contributed by atoms with Gasteiger partial charge < -0.3 is 21.7 Å². The van der Waals surface area contributed by atoms with Gasteiger partial charge in [-0.05, 0) is 23.9 Å². The number of halogens is 1. The lowest BCUT2D eigenvalue weighted by atomic mass is 10.3. The van der Waals surface area contributed by atoms with Crippen LogP contribution in [0.1, 0.15) is 6.42 Å². The van der Waals surface area contributed by atoms with Gasteiger partial charge in [-0.3, -0.25) is 10.5 Å². The van der Waals surface area contributed by atoms with Gasteiger partial charge in [0.05, 0.1) is 13.7 Å². The van der Waals surface area contributed by atoms with E-state index in [1.807, 2.05) is 42.0 Å². The summed E-state index contributed by atoms with van der Waals surface area (Å²) in [5.41, 5.74) is 6.99. The Hall–Kier alpha value is -1.01. The Morgan fingerprint density at radius 1 is 1.44 bits per heavy atom. The molecule has 0 amide bonds. The Bertz CT molecular complexity index is 451. The molecule has 0 bridgehead atoms. The van der Waals surface area contributed by atoms with Crippen LogP contribution < -0.4 is 22.7 Å². The fraction of sp³-hybridized carbons (Fsp3) is 0.333. The molecule has 1 aliphatic rings. The number of esters is 1. The minimum Gasteiger partial charge on any atom is -1.00 e. The van der Waals surface area contributed by atoms with Gasteiger partial charge in [0.25, 0.3) is 0 Å². The molecule has 0 spiro atoms. The summed E-state index contributed by atoms with van der Waals surface area (Å²) in [7, 11) is 1.89. The number of nitrogens with zero attached hydrogens (tertiary/aromatic N) is 1. The topological polar surface area (TPSA) is 55.3 Å². The minimum absolute atomic E-state index is 0. The third-order valence-electron chi connectivity index (χ3n) is 2.62. The Morgan fingerprint density at radius 3 is 2.67 bits per heavy atom. The van der Waals surface area contributed by atoms with Crippen molar-refractivity contribution in [1.82, 2.24) is 0 Å². The molecule has 98 valence electrons. The quantitative estimate of drug-likeness (QED) is 0.305. The van der Waals surface area contributed by atoms with Gasteiger partial charge in [0.15, 0.2) is 0 Å². The smallest absolute Gasteiger partial charge is 0.319 e. The maximum Gasteiger partial charge on any atom is 0.319 e. The summed E-state index contributed by atoms with van der Waals surface area (Å²) in [5.74, 6) is -0.167. The molecule has 1 fully saturated rings. The molecule has 0 aromatic heterocycles. The molecule has 1 aromatic rings. The zero-order valence-electron chi connectivity index (χ0n) is 10.0. The van der Waals surface area contributed by atoms with Crippen molar-refractivity contribution in [3.05, 3.63) is 30.3 Å². The molecule has 0 saturated carbocycles. The molecule has 1 saturated heterocycles. The van der Waals surface area contributed by atoms with Gasteiger partial charge in [-0.25, -0.2) is 4.58 Å². The van der Waals surface area contributed by atoms with E-state index in [0.29, 0.717) is 11.8 Å². The average Bonchev–Trinajstić information content (AvgIpc) is 2.75. The zero-order chi connectivity index (χ0) is 12.3. The number of hydrogen-bond acceptors (Lipinski definition) is 3. The first-order valence-electron chi connectivity index (χ1n) is 5.43. The van der Waals surface area contributed by atoms with E-state index < -0.39 is 0 Å². The number of para-hydroxylation sites is 1. The van der Waals surface area contributed by atoms with E-state index in [4.69, 9.17) is 10.5 Å². The first-order chi connectivity index (χ1) is 8.18. The minimum atomic E-state index is -0.167. The normalized spacial score (nSPS) is 19.8. The Morgan fingerprint density at radius 2 is 2.11 bits per heavy atom. The number of rotatable bonds is 2. The summed E-state index contributed by atoms with van der Waals surface area (Å²) in [6, 6.07) is 9.80. The van der Waals surface area contributed by atoms with Gasteiger partial charge in [-0.2, -0.15) is 0 Å². The van der Waals surface area contributed by atoms with Crippen LogP contribution in [0.3, 0.4) is 0 Å². The van der Waals surface area contributed by atoms with Crippen LogP contribution in [-0.2, 0) is 9.53 Å². The van der Waals surface area contributed by atoms with Crippen molar-refractivity contribution < 1.29 is 31.1 Å². The second-order valence-electron chi connectivity index (χ2n) is 3.80. The zero-order valence-corrected chi connectivity index (χ0v) is 12.4. The van der Waals surface area contributed by atoms with Crippen LogP contribution in [0.5, 0.6) is 0 Å². The van der Waals surface area contributed by atoms with Gasteiger partial charge in [0.1, 0.15) is 10.9 Å². The number of hydrogen-bond donors (Lipinski definition) is 1. The molecule has 6 heteroatoms. The molecule has 2 rings (SSSR count). The van der Waals surface area contributed by atoms with Gasteiger partial charge in [-0.15, -0.1) is 0 Å². The monoisotopic (exact) mass is 330 g/mol. The van der Waals surface area contributed by atoms with Crippen molar-refractivity contribution in [2.45, 2.75) is 11.7 Å². The molecule has 0 radical (unpaired) electrons. The van der Waals surface area contributed by atoms with E-state index in [9.17, 15) is 4.79 Å². The summed E-state index contributed by atoms with van der Waals surface area (Å²) < 4.78 is 6.78. The SMILES string of the molecule is C[N+](=C(N)SC1CCOC1=O)c1ccccc1.[Br-]. The number of ether oxygens (including phenoxy) is 1. The van der Waals surface area contributed by atoms with Crippen molar-refractivity contribution >= 4 is 28.6 Å². The number of nitrogens with two attached hydrogens (primary N) is 1. The molecule has 1 aromatic carbocycles. The average molecular weight is 331 g/mol. The van der Waals surface area contributed by atoms with Gasteiger partial charge in [0, 0.05) is 6.42 Å². The predicted octanol–water partition coefficient (Wildman–Crippen LogP) is -1.67. The lowest BCUT2D eigenvalue weighted by molar-refractivity contribution is -0.402. The first kappa shape index (κ1) is 15.0. The van der Waals surface area contributed by atoms with Crippen molar-refractivity contribution in [2.24, 2.45) is 5.73 Å². The van der Waals surface area contributed by atoms with E-state index >= 15 is 0 Å². The molecule has 0 aliphatic carbocycles. The second kappa shape index (κ2) is 6.80. The van der Waals surface area contributed by atoms with E-state index in [-0.39, 0.29) is 28.2 Å². The summed E-state index contributed by atoms with van der Waals surface area (Å²) in [6.07, 6.45) is 0.729. The summed E-state index contributed by atoms with van der Waals surface area (Å²) in [6.45, 7) is 0.499. The number of carbonyl (C=O) groups is 1. The highest BCUT2D eigenvalue weighted by atomic mass is 79.9. The lowest BCUT2D eigenvalue weighted by Crippen LogP contribution is -3.00. The van der Waals surface area contributed by atoms with Crippen LogP contribution in [0.4, 0.5) is 5.69 Å². The molecular formula is C12H15BrN2O2S. The fourth-order valence-electron chi connectivity index (χ4n) is 1.59. The Balaban J connectivity index is 0.00000162. The second-order valence-corrected chi connectivity index (χ2v) is 5.02. The van der Waals surface area contributed by atoms with Crippen LogP contribution in [0, 0.1) is 0 Å². The standard InChI is InChI=1S/C12H14N2O2S.BrH/c1-14(9-5-3-2-4-6-9)12(13)17-10-7-8-16-11(10)15;/h2-6,10,13H,7-8H2,1H3;1H. The predicted molar refractivity (Wildman–Crippen MR) is 68.4 cm³/mol. The largest absolute Gasteiger partial charge is 1.00 e. The Kier molecular flexibility index (Phi) is 5.68. The molecule has 2 N–H and O–H groups in total. The molecular weight excluding hydrogens is 316 g/mol. The van der Waals surface area contributed by atoms with Crippen LogP contribution >= 0.6 is 11.8 Å². The third kappa shape index (κ3) is 3.49. The van der Waals surface area contributed by atoms with Crippen molar-refractivity contribution in [1.29, 1.82) is 0 Å².